The molecule has 0 aliphatic rings. The summed E-state index contributed by atoms with van der Waals surface area (Å²) in [7, 11) is 0. The van der Waals surface area contributed by atoms with Crippen LogP contribution in [-0.4, -0.2) is 22.4 Å². The van der Waals surface area contributed by atoms with E-state index < -0.39 is 0 Å². The highest BCUT2D eigenvalue weighted by Gasteiger charge is 2.10. The molecule has 0 aliphatic carbocycles. The third-order valence-corrected chi connectivity index (χ3v) is 3.46. The molecule has 0 spiro atoms. The van der Waals surface area contributed by atoms with Crippen molar-refractivity contribution in [2.24, 2.45) is 0 Å². The zero-order valence-electron chi connectivity index (χ0n) is 14.2. The van der Waals surface area contributed by atoms with Crippen LogP contribution < -0.4 is 10.6 Å². The molecule has 122 valence electrons. The molecule has 2 rings (SSSR count). The van der Waals surface area contributed by atoms with E-state index in [1.54, 1.807) is 13.0 Å². The number of anilines is 2. The van der Waals surface area contributed by atoms with Crippen LogP contribution in [-0.2, 0) is 0 Å². The van der Waals surface area contributed by atoms with Gasteiger partial charge >= 0.3 is 0 Å². The fourth-order valence-electron chi connectivity index (χ4n) is 2.18. The first-order valence-corrected chi connectivity index (χ1v) is 8.00. The minimum atomic E-state index is -0.171. The molecular weight excluding hydrogens is 288 g/mol. The van der Waals surface area contributed by atoms with Crippen LogP contribution in [0.4, 0.5) is 11.5 Å². The second-order valence-corrected chi connectivity index (χ2v) is 5.84. The Labute approximate surface area is 137 Å². The van der Waals surface area contributed by atoms with Crippen molar-refractivity contribution in [3.63, 3.8) is 0 Å². The quantitative estimate of drug-likeness (QED) is 0.851. The number of nitrogens with zero attached hydrogens (tertiary/aromatic N) is 2. The normalized spacial score (nSPS) is 10.7. The van der Waals surface area contributed by atoms with Gasteiger partial charge in [-0.2, -0.15) is 0 Å². The van der Waals surface area contributed by atoms with E-state index in [0.29, 0.717) is 29.8 Å². The molecule has 2 N–H and O–H groups in total. The van der Waals surface area contributed by atoms with Crippen molar-refractivity contribution in [3.05, 3.63) is 47.4 Å². The molecule has 0 bridgehead atoms. The number of carbonyl (C=O) groups is 1. The lowest BCUT2D eigenvalue weighted by Crippen LogP contribution is -2.25. The van der Waals surface area contributed by atoms with Crippen LogP contribution in [0.1, 0.15) is 55.0 Å². The smallest absolute Gasteiger partial charge is 0.270 e. The molecule has 0 unspecified atom stereocenters. The number of hydrogen-bond acceptors (Lipinski definition) is 4. The lowest BCUT2D eigenvalue weighted by molar-refractivity contribution is 0.0948. The predicted molar refractivity (Wildman–Crippen MR) is 93.2 cm³/mol. The van der Waals surface area contributed by atoms with Crippen molar-refractivity contribution in [1.82, 2.24) is 15.3 Å². The molecule has 23 heavy (non-hydrogen) atoms. The summed E-state index contributed by atoms with van der Waals surface area (Å²) in [5.74, 6) is 1.52. The summed E-state index contributed by atoms with van der Waals surface area (Å²) < 4.78 is 0. The molecule has 1 aromatic carbocycles. The molecule has 1 amide bonds. The molecule has 0 saturated heterocycles. The molecule has 1 aromatic heterocycles. The van der Waals surface area contributed by atoms with Crippen molar-refractivity contribution >= 4 is 17.4 Å². The van der Waals surface area contributed by atoms with Gasteiger partial charge in [0, 0.05) is 18.3 Å². The van der Waals surface area contributed by atoms with Crippen LogP contribution in [0.15, 0.2) is 30.3 Å². The Kier molecular flexibility index (Phi) is 5.68. The second kappa shape index (κ2) is 7.72. The number of carbonyl (C=O) groups excluding carboxylic acids is 1. The summed E-state index contributed by atoms with van der Waals surface area (Å²) in [6.45, 7) is 8.76. The standard InChI is InChI=1S/C18H24N4O/c1-5-10-19-18(23)16-11-17(21-13(4)20-16)22-15-8-6-14(7-9-15)12(2)3/h6-9,11-12H,5,10H2,1-4H3,(H,19,23)(H,20,21,22). The highest BCUT2D eigenvalue weighted by atomic mass is 16.1. The predicted octanol–water partition coefficient (Wildman–Crippen LogP) is 3.79. The van der Waals surface area contributed by atoms with E-state index >= 15 is 0 Å². The Morgan fingerprint density at radius 1 is 1.17 bits per heavy atom. The molecule has 0 aliphatic heterocycles. The van der Waals surface area contributed by atoms with E-state index in [1.807, 2.05) is 19.1 Å². The Balaban J connectivity index is 2.16. The molecule has 1 heterocycles. The van der Waals surface area contributed by atoms with Crippen LogP contribution in [0.2, 0.25) is 0 Å². The molecule has 0 atom stereocenters. The maximum absolute atomic E-state index is 12.1. The van der Waals surface area contributed by atoms with Gasteiger partial charge in [0.1, 0.15) is 17.3 Å². The maximum Gasteiger partial charge on any atom is 0.270 e. The summed E-state index contributed by atoms with van der Waals surface area (Å²) in [5, 5.41) is 6.06. The number of aromatic nitrogens is 2. The van der Waals surface area contributed by atoms with Gasteiger partial charge in [-0.1, -0.05) is 32.9 Å². The highest BCUT2D eigenvalue weighted by molar-refractivity contribution is 5.93. The molecule has 0 saturated carbocycles. The van der Waals surface area contributed by atoms with E-state index in [-0.39, 0.29) is 5.91 Å². The average Bonchev–Trinajstić information content (AvgIpc) is 2.52. The van der Waals surface area contributed by atoms with Gasteiger partial charge in [0.05, 0.1) is 0 Å². The number of nitrogens with one attached hydrogen (secondary N) is 2. The number of hydrogen-bond donors (Lipinski definition) is 2. The summed E-state index contributed by atoms with van der Waals surface area (Å²) >= 11 is 0. The van der Waals surface area contributed by atoms with Crippen molar-refractivity contribution in [3.8, 4) is 0 Å². The average molecular weight is 312 g/mol. The van der Waals surface area contributed by atoms with Crippen LogP contribution in [0, 0.1) is 6.92 Å². The van der Waals surface area contributed by atoms with E-state index in [4.69, 9.17) is 0 Å². The number of rotatable bonds is 6. The first-order valence-electron chi connectivity index (χ1n) is 8.00. The molecular formula is C18H24N4O. The first-order chi connectivity index (χ1) is 11.0. The number of amides is 1. The minimum Gasteiger partial charge on any atom is -0.351 e. The monoisotopic (exact) mass is 312 g/mol. The molecule has 2 aromatic rings. The number of aryl methyl sites for hydroxylation is 1. The SMILES string of the molecule is CCCNC(=O)c1cc(Nc2ccc(C(C)C)cc2)nc(C)n1. The summed E-state index contributed by atoms with van der Waals surface area (Å²) in [4.78, 5) is 20.6. The van der Waals surface area contributed by atoms with Crippen LogP contribution in [0.3, 0.4) is 0 Å². The van der Waals surface area contributed by atoms with Crippen molar-refractivity contribution in [2.75, 3.05) is 11.9 Å². The van der Waals surface area contributed by atoms with Gasteiger partial charge < -0.3 is 10.6 Å². The van der Waals surface area contributed by atoms with Gasteiger partial charge in [0.25, 0.3) is 5.91 Å². The topological polar surface area (TPSA) is 66.9 Å². The van der Waals surface area contributed by atoms with E-state index in [0.717, 1.165) is 12.1 Å². The fraction of sp³-hybridized carbons (Fsp3) is 0.389. The van der Waals surface area contributed by atoms with Crippen molar-refractivity contribution < 1.29 is 4.79 Å². The highest BCUT2D eigenvalue weighted by Crippen LogP contribution is 2.20. The molecule has 5 nitrogen and oxygen atoms in total. The molecule has 5 heteroatoms. The lowest BCUT2D eigenvalue weighted by atomic mass is 10.0. The van der Waals surface area contributed by atoms with Gasteiger partial charge in [0.2, 0.25) is 0 Å². The van der Waals surface area contributed by atoms with Gasteiger partial charge in [0.15, 0.2) is 0 Å². The third kappa shape index (κ3) is 4.77. The van der Waals surface area contributed by atoms with Crippen LogP contribution >= 0.6 is 0 Å². The lowest BCUT2D eigenvalue weighted by Gasteiger charge is -2.10. The van der Waals surface area contributed by atoms with Gasteiger partial charge in [-0.05, 0) is 37.0 Å². The molecule has 0 fully saturated rings. The van der Waals surface area contributed by atoms with Gasteiger partial charge in [-0.15, -0.1) is 0 Å². The Hall–Kier alpha value is -2.43. The Morgan fingerprint density at radius 2 is 1.87 bits per heavy atom. The van der Waals surface area contributed by atoms with Crippen molar-refractivity contribution in [2.45, 2.75) is 40.0 Å². The summed E-state index contributed by atoms with van der Waals surface area (Å²) in [6, 6.07) is 9.90. The largest absolute Gasteiger partial charge is 0.351 e. The van der Waals surface area contributed by atoms with Crippen molar-refractivity contribution in [1.29, 1.82) is 0 Å². The van der Waals surface area contributed by atoms with Gasteiger partial charge in [-0.3, -0.25) is 4.79 Å². The maximum atomic E-state index is 12.1. The summed E-state index contributed by atoms with van der Waals surface area (Å²) in [6.07, 6.45) is 0.892. The zero-order valence-corrected chi connectivity index (χ0v) is 14.2. The van der Waals surface area contributed by atoms with E-state index in [2.05, 4.69) is 46.6 Å². The second-order valence-electron chi connectivity index (χ2n) is 5.84. The minimum absolute atomic E-state index is 0.171. The van der Waals surface area contributed by atoms with Crippen LogP contribution in [0.25, 0.3) is 0 Å². The zero-order chi connectivity index (χ0) is 16.8. The van der Waals surface area contributed by atoms with Gasteiger partial charge in [-0.25, -0.2) is 9.97 Å². The number of benzene rings is 1. The van der Waals surface area contributed by atoms with E-state index in [9.17, 15) is 4.79 Å². The Morgan fingerprint density at radius 3 is 2.48 bits per heavy atom. The summed E-state index contributed by atoms with van der Waals surface area (Å²) in [5.41, 5.74) is 2.61. The Bertz CT molecular complexity index is 665. The van der Waals surface area contributed by atoms with Crippen LogP contribution in [0.5, 0.6) is 0 Å². The molecule has 0 radical (unpaired) electrons. The third-order valence-electron chi connectivity index (χ3n) is 3.46. The fourth-order valence-corrected chi connectivity index (χ4v) is 2.18. The first kappa shape index (κ1) is 16.9. The van der Waals surface area contributed by atoms with E-state index in [1.165, 1.54) is 5.56 Å².